The van der Waals surface area contributed by atoms with Crippen LogP contribution < -0.4 is 0 Å². The van der Waals surface area contributed by atoms with Gasteiger partial charge in [0, 0.05) is 5.75 Å². The molecule has 1 aromatic carbocycles. The molecule has 0 saturated carbocycles. The molecule has 0 unspecified atom stereocenters. The van der Waals surface area contributed by atoms with Gasteiger partial charge in [-0.3, -0.25) is 4.79 Å². The Labute approximate surface area is 88.2 Å². The smallest absolute Gasteiger partial charge is 0.220 e. The molecule has 0 amide bonds. The SMILES string of the molecule is [2H][C@H](O)[C@@H](O)C(=O)SCc1ccccc1. The first-order chi connectivity index (χ1) is 7.11. The molecule has 1 rings (SSSR count). The largest absolute Gasteiger partial charge is 0.393 e. The maximum Gasteiger partial charge on any atom is 0.220 e. The summed E-state index contributed by atoms with van der Waals surface area (Å²) in [6, 6.07) is 9.32. The number of aliphatic hydroxyl groups excluding tert-OH is 2. The van der Waals surface area contributed by atoms with Crippen molar-refractivity contribution in [2.75, 3.05) is 6.58 Å². The number of hydrogen-bond donors (Lipinski definition) is 2. The molecule has 0 aromatic heterocycles. The average molecular weight is 213 g/mol. The van der Waals surface area contributed by atoms with Crippen LogP contribution in [0.5, 0.6) is 0 Å². The van der Waals surface area contributed by atoms with Gasteiger partial charge in [-0.25, -0.2) is 0 Å². The van der Waals surface area contributed by atoms with Gasteiger partial charge in [-0.15, -0.1) is 0 Å². The van der Waals surface area contributed by atoms with E-state index in [0.717, 1.165) is 17.3 Å². The van der Waals surface area contributed by atoms with Gasteiger partial charge in [0.1, 0.15) is 6.10 Å². The van der Waals surface area contributed by atoms with Gasteiger partial charge in [-0.05, 0) is 5.56 Å². The molecule has 3 nitrogen and oxygen atoms in total. The van der Waals surface area contributed by atoms with Gasteiger partial charge in [-0.1, -0.05) is 42.1 Å². The van der Waals surface area contributed by atoms with Gasteiger partial charge < -0.3 is 10.2 Å². The van der Waals surface area contributed by atoms with Crippen molar-refractivity contribution in [3.8, 4) is 0 Å². The number of carbonyl (C=O) groups excluding carboxylic acids is 1. The lowest BCUT2D eigenvalue weighted by atomic mass is 10.2. The van der Waals surface area contributed by atoms with Crippen LogP contribution in [0.4, 0.5) is 0 Å². The third-order valence-corrected chi connectivity index (χ3v) is 2.61. The van der Waals surface area contributed by atoms with E-state index in [4.69, 9.17) is 11.6 Å². The van der Waals surface area contributed by atoms with Crippen molar-refractivity contribution in [1.29, 1.82) is 0 Å². The molecule has 4 heteroatoms. The Morgan fingerprint density at radius 3 is 2.71 bits per heavy atom. The normalized spacial score (nSPS) is 15.7. The zero-order valence-electron chi connectivity index (χ0n) is 8.46. The standard InChI is InChI=1S/C10H12O3S/c11-6-9(12)10(13)14-7-8-4-2-1-3-5-8/h1-5,9,11-12H,6-7H2/t9-/m1/s1/i6D/t6-,9+/m0. The third-order valence-electron chi connectivity index (χ3n) is 1.61. The number of hydrogen-bond acceptors (Lipinski definition) is 4. The first-order valence-corrected chi connectivity index (χ1v) is 5.09. The van der Waals surface area contributed by atoms with E-state index in [1.807, 2.05) is 30.3 Å². The predicted octanol–water partition coefficient (Wildman–Crippen LogP) is 0.800. The first kappa shape index (κ1) is 9.71. The molecule has 0 aliphatic carbocycles. The van der Waals surface area contributed by atoms with E-state index >= 15 is 0 Å². The Kier molecular flexibility index (Phi) is 4.02. The number of benzene rings is 1. The summed E-state index contributed by atoms with van der Waals surface area (Å²) in [5.74, 6) is 0.434. The van der Waals surface area contributed by atoms with Crippen molar-refractivity contribution in [3.63, 3.8) is 0 Å². The van der Waals surface area contributed by atoms with Crippen LogP contribution in [-0.2, 0) is 10.5 Å². The van der Waals surface area contributed by atoms with Crippen molar-refractivity contribution in [1.82, 2.24) is 0 Å². The summed E-state index contributed by atoms with van der Waals surface area (Å²) in [7, 11) is 0. The highest BCUT2D eigenvalue weighted by molar-refractivity contribution is 8.13. The maximum atomic E-state index is 11.2. The van der Waals surface area contributed by atoms with Crippen LogP contribution in [0, 0.1) is 0 Å². The molecular formula is C10H12O3S. The predicted molar refractivity (Wildman–Crippen MR) is 55.8 cm³/mol. The summed E-state index contributed by atoms with van der Waals surface area (Å²) >= 11 is 0.897. The number of rotatable bonds is 4. The Morgan fingerprint density at radius 2 is 2.14 bits per heavy atom. The molecule has 76 valence electrons. The quantitative estimate of drug-likeness (QED) is 0.776. The minimum Gasteiger partial charge on any atom is -0.393 e. The lowest BCUT2D eigenvalue weighted by molar-refractivity contribution is -0.119. The molecule has 1 aromatic rings. The molecule has 0 saturated heterocycles. The minimum atomic E-state index is -1.76. The van der Waals surface area contributed by atoms with E-state index in [1.165, 1.54) is 0 Å². The van der Waals surface area contributed by atoms with Crippen molar-refractivity contribution >= 4 is 16.9 Å². The monoisotopic (exact) mass is 213 g/mol. The van der Waals surface area contributed by atoms with E-state index in [2.05, 4.69) is 0 Å². The van der Waals surface area contributed by atoms with Crippen molar-refractivity contribution in [2.24, 2.45) is 0 Å². The van der Waals surface area contributed by atoms with Crippen LogP contribution >= 0.6 is 11.8 Å². The minimum absolute atomic E-state index is 0.434. The zero-order valence-corrected chi connectivity index (χ0v) is 8.28. The second kappa shape index (κ2) is 5.80. The summed E-state index contributed by atoms with van der Waals surface area (Å²) in [6.07, 6.45) is -1.63. The summed E-state index contributed by atoms with van der Waals surface area (Å²) in [6.45, 7) is -1.76. The topological polar surface area (TPSA) is 57.5 Å². The van der Waals surface area contributed by atoms with Gasteiger partial charge in [-0.2, -0.15) is 0 Å². The van der Waals surface area contributed by atoms with Crippen LogP contribution in [-0.4, -0.2) is 28.0 Å². The Hall–Kier alpha value is -0.840. The lowest BCUT2D eigenvalue weighted by Crippen LogP contribution is -2.21. The summed E-state index contributed by atoms with van der Waals surface area (Å²) in [4.78, 5) is 11.2. The molecule has 0 aliphatic rings. The number of thioether (sulfide) groups is 1. The highest BCUT2D eigenvalue weighted by atomic mass is 32.2. The highest BCUT2D eigenvalue weighted by Crippen LogP contribution is 2.14. The summed E-state index contributed by atoms with van der Waals surface area (Å²) in [5.41, 5.74) is 0.961. The van der Waals surface area contributed by atoms with E-state index < -0.39 is 17.8 Å². The number of carbonyl (C=O) groups is 1. The maximum absolute atomic E-state index is 11.2. The highest BCUT2D eigenvalue weighted by Gasteiger charge is 2.13. The first-order valence-electron chi connectivity index (χ1n) is 4.68. The van der Waals surface area contributed by atoms with Gasteiger partial charge in [0.2, 0.25) is 5.12 Å². The Balaban J connectivity index is 2.41. The molecule has 0 aliphatic heterocycles. The molecule has 0 bridgehead atoms. The van der Waals surface area contributed by atoms with E-state index in [1.54, 1.807) is 0 Å². The third kappa shape index (κ3) is 3.49. The fourth-order valence-corrected chi connectivity index (χ4v) is 1.61. The van der Waals surface area contributed by atoms with Crippen LogP contribution in [0.25, 0.3) is 0 Å². The summed E-state index contributed by atoms with van der Waals surface area (Å²) < 4.78 is 6.77. The van der Waals surface area contributed by atoms with Gasteiger partial charge in [0.05, 0.1) is 7.95 Å². The van der Waals surface area contributed by atoms with Gasteiger partial charge in [0.25, 0.3) is 0 Å². The van der Waals surface area contributed by atoms with Gasteiger partial charge in [0.15, 0.2) is 0 Å². The second-order valence-electron chi connectivity index (χ2n) is 2.69. The van der Waals surface area contributed by atoms with Crippen LogP contribution in [0.15, 0.2) is 30.3 Å². The molecule has 2 N–H and O–H groups in total. The molecule has 0 heterocycles. The van der Waals surface area contributed by atoms with E-state index in [9.17, 15) is 4.79 Å². The molecule has 2 atom stereocenters. The van der Waals surface area contributed by atoms with Gasteiger partial charge >= 0.3 is 0 Å². The van der Waals surface area contributed by atoms with E-state index in [-0.39, 0.29) is 0 Å². The van der Waals surface area contributed by atoms with E-state index in [0.29, 0.717) is 5.75 Å². The van der Waals surface area contributed by atoms with Crippen molar-refractivity contribution < 1.29 is 16.4 Å². The zero-order chi connectivity index (χ0) is 11.3. The second-order valence-corrected chi connectivity index (χ2v) is 3.67. The molecule has 0 spiro atoms. The Morgan fingerprint density at radius 1 is 1.50 bits per heavy atom. The van der Waals surface area contributed by atoms with Crippen LogP contribution in [0.3, 0.4) is 0 Å². The summed E-state index contributed by atoms with van der Waals surface area (Å²) in [5, 5.41) is 17.2. The molecular weight excluding hydrogens is 200 g/mol. The average Bonchev–Trinajstić information content (AvgIpc) is 2.26. The molecule has 14 heavy (non-hydrogen) atoms. The molecule has 0 fully saturated rings. The molecule has 0 radical (unpaired) electrons. The van der Waals surface area contributed by atoms with Crippen LogP contribution in [0.2, 0.25) is 0 Å². The Bertz CT molecular complexity index is 316. The lowest BCUT2D eigenvalue weighted by Gasteiger charge is -2.04. The fourth-order valence-electron chi connectivity index (χ4n) is 0.875. The number of aliphatic hydroxyl groups is 2. The van der Waals surface area contributed by atoms with Crippen molar-refractivity contribution in [3.05, 3.63) is 35.9 Å². The van der Waals surface area contributed by atoms with Crippen molar-refractivity contribution in [2.45, 2.75) is 11.9 Å². The van der Waals surface area contributed by atoms with Crippen LogP contribution in [0.1, 0.15) is 6.93 Å². The fraction of sp³-hybridized carbons (Fsp3) is 0.300.